The monoisotopic (exact) mass is 342 g/mol. The van der Waals surface area contributed by atoms with Crippen LogP contribution < -0.4 is 5.32 Å². The first-order chi connectivity index (χ1) is 11.4. The molecule has 122 valence electrons. The number of carboxylic acids is 1. The van der Waals surface area contributed by atoms with E-state index in [4.69, 9.17) is 21.1 Å². The molecule has 0 aliphatic heterocycles. The van der Waals surface area contributed by atoms with Crippen molar-refractivity contribution in [2.45, 2.75) is 13.8 Å². The first kappa shape index (κ1) is 16.1. The zero-order chi connectivity index (χ0) is 17.3. The van der Waals surface area contributed by atoms with Crippen LogP contribution in [0.2, 0.25) is 5.02 Å². The number of carboxylic acid groups (broad SMARTS) is 1. The molecular weight excluding hydrogens is 328 g/mol. The second-order valence-electron chi connectivity index (χ2n) is 5.53. The molecule has 3 aromatic rings. The Labute approximate surface area is 143 Å². The predicted octanol–water partition coefficient (Wildman–Crippen LogP) is 5.05. The van der Waals surface area contributed by atoms with E-state index in [1.54, 1.807) is 18.3 Å². The highest BCUT2D eigenvalue weighted by atomic mass is 35.5. The molecule has 0 spiro atoms. The Hall–Kier alpha value is -2.79. The standard InChI is InChI=1S/C18H15ClN2O3/c1-10-5-11(2)7-13(6-10)21-18-20-9-16(24-18)12-3-4-14(17(22)23)15(19)8-12/h3-9H,1-2H3,(H,20,21)(H,22,23). The molecule has 1 aromatic heterocycles. The number of anilines is 2. The molecule has 1 heterocycles. The fourth-order valence-corrected chi connectivity index (χ4v) is 2.74. The van der Waals surface area contributed by atoms with Gasteiger partial charge in [0, 0.05) is 11.3 Å². The van der Waals surface area contributed by atoms with Crippen LogP contribution in [0.3, 0.4) is 0 Å². The SMILES string of the molecule is Cc1cc(C)cc(Nc2ncc(-c3ccc(C(=O)O)c(Cl)c3)o2)c1. The molecule has 0 aliphatic carbocycles. The molecule has 0 saturated carbocycles. The van der Waals surface area contributed by atoms with Crippen LogP contribution in [0.5, 0.6) is 0 Å². The fourth-order valence-electron chi connectivity index (χ4n) is 2.48. The number of oxazole rings is 1. The van der Waals surface area contributed by atoms with Gasteiger partial charge in [0.25, 0.3) is 6.01 Å². The summed E-state index contributed by atoms with van der Waals surface area (Å²) in [5, 5.41) is 12.3. The minimum absolute atomic E-state index is 0.0496. The van der Waals surface area contributed by atoms with Crippen molar-refractivity contribution in [3.63, 3.8) is 0 Å². The van der Waals surface area contributed by atoms with Gasteiger partial charge in [0.2, 0.25) is 0 Å². The average Bonchev–Trinajstić information content (AvgIpc) is 2.94. The predicted molar refractivity (Wildman–Crippen MR) is 93.1 cm³/mol. The van der Waals surface area contributed by atoms with Crippen molar-refractivity contribution in [2.75, 3.05) is 5.32 Å². The molecule has 2 N–H and O–H groups in total. The number of hydrogen-bond acceptors (Lipinski definition) is 4. The Morgan fingerprint density at radius 3 is 2.50 bits per heavy atom. The van der Waals surface area contributed by atoms with Gasteiger partial charge in [-0.1, -0.05) is 23.7 Å². The number of nitrogens with zero attached hydrogens (tertiary/aromatic N) is 1. The summed E-state index contributed by atoms with van der Waals surface area (Å²) in [5.41, 5.74) is 3.88. The Kier molecular flexibility index (Phi) is 4.27. The lowest BCUT2D eigenvalue weighted by molar-refractivity contribution is 0.0697. The van der Waals surface area contributed by atoms with E-state index >= 15 is 0 Å². The van der Waals surface area contributed by atoms with Gasteiger partial charge >= 0.3 is 5.97 Å². The summed E-state index contributed by atoms with van der Waals surface area (Å²) < 4.78 is 5.68. The third-order valence-electron chi connectivity index (χ3n) is 3.46. The van der Waals surface area contributed by atoms with E-state index in [1.807, 2.05) is 26.0 Å². The lowest BCUT2D eigenvalue weighted by Crippen LogP contribution is -1.96. The van der Waals surface area contributed by atoms with Gasteiger partial charge in [-0.3, -0.25) is 0 Å². The number of aromatic nitrogens is 1. The van der Waals surface area contributed by atoms with Gasteiger partial charge in [0.05, 0.1) is 16.8 Å². The van der Waals surface area contributed by atoms with E-state index in [0.717, 1.165) is 16.8 Å². The van der Waals surface area contributed by atoms with E-state index in [-0.39, 0.29) is 10.6 Å². The highest BCUT2D eigenvalue weighted by Crippen LogP contribution is 2.28. The molecule has 0 aliphatic rings. The molecule has 24 heavy (non-hydrogen) atoms. The summed E-state index contributed by atoms with van der Waals surface area (Å²) in [4.78, 5) is 15.2. The summed E-state index contributed by atoms with van der Waals surface area (Å²) in [6.45, 7) is 4.04. The van der Waals surface area contributed by atoms with Crippen LogP contribution in [0.25, 0.3) is 11.3 Å². The van der Waals surface area contributed by atoms with E-state index in [1.165, 1.54) is 6.07 Å². The average molecular weight is 343 g/mol. The molecule has 0 atom stereocenters. The molecule has 6 heteroatoms. The Morgan fingerprint density at radius 1 is 1.17 bits per heavy atom. The fraction of sp³-hybridized carbons (Fsp3) is 0.111. The summed E-state index contributed by atoms with van der Waals surface area (Å²) in [7, 11) is 0. The Balaban J connectivity index is 1.85. The lowest BCUT2D eigenvalue weighted by atomic mass is 10.1. The van der Waals surface area contributed by atoms with Gasteiger partial charge in [-0.15, -0.1) is 0 Å². The van der Waals surface area contributed by atoms with Crippen molar-refractivity contribution in [3.8, 4) is 11.3 Å². The van der Waals surface area contributed by atoms with Crippen LogP contribution in [0, 0.1) is 13.8 Å². The summed E-state index contributed by atoms with van der Waals surface area (Å²) >= 11 is 5.99. The van der Waals surface area contributed by atoms with Gasteiger partial charge in [0.15, 0.2) is 5.76 Å². The zero-order valence-electron chi connectivity index (χ0n) is 13.1. The number of benzene rings is 2. The second-order valence-corrected chi connectivity index (χ2v) is 5.94. The van der Waals surface area contributed by atoms with Gasteiger partial charge < -0.3 is 14.8 Å². The second kappa shape index (κ2) is 6.37. The maximum atomic E-state index is 11.0. The Bertz CT molecular complexity index is 898. The maximum absolute atomic E-state index is 11.0. The molecule has 0 bridgehead atoms. The van der Waals surface area contributed by atoms with Crippen molar-refractivity contribution in [1.82, 2.24) is 4.98 Å². The van der Waals surface area contributed by atoms with Gasteiger partial charge in [-0.05, 0) is 49.2 Å². The summed E-state index contributed by atoms with van der Waals surface area (Å²) in [5.74, 6) is -0.568. The molecule has 0 radical (unpaired) electrons. The van der Waals surface area contributed by atoms with E-state index in [9.17, 15) is 4.79 Å². The molecule has 2 aromatic carbocycles. The van der Waals surface area contributed by atoms with Crippen molar-refractivity contribution >= 4 is 29.3 Å². The number of aryl methyl sites for hydroxylation is 2. The molecule has 5 nitrogen and oxygen atoms in total. The molecule has 0 saturated heterocycles. The van der Waals surface area contributed by atoms with Crippen molar-refractivity contribution in [3.05, 3.63) is 64.3 Å². The van der Waals surface area contributed by atoms with Crippen LogP contribution in [-0.2, 0) is 0 Å². The number of nitrogens with one attached hydrogen (secondary N) is 1. The third-order valence-corrected chi connectivity index (χ3v) is 3.78. The smallest absolute Gasteiger partial charge is 0.337 e. The number of halogens is 1. The van der Waals surface area contributed by atoms with Crippen LogP contribution in [-0.4, -0.2) is 16.1 Å². The van der Waals surface area contributed by atoms with E-state index in [0.29, 0.717) is 17.3 Å². The number of hydrogen-bond donors (Lipinski definition) is 2. The number of carbonyl (C=O) groups is 1. The van der Waals surface area contributed by atoms with Gasteiger partial charge in [0.1, 0.15) is 0 Å². The van der Waals surface area contributed by atoms with Gasteiger partial charge in [-0.2, -0.15) is 0 Å². The quantitative estimate of drug-likeness (QED) is 0.693. The minimum atomic E-state index is -1.07. The normalized spacial score (nSPS) is 10.6. The van der Waals surface area contributed by atoms with Crippen LogP contribution in [0.15, 0.2) is 47.0 Å². The molecule has 3 rings (SSSR count). The number of aromatic carboxylic acids is 1. The molecular formula is C18H15ClN2O3. The minimum Gasteiger partial charge on any atom is -0.478 e. The van der Waals surface area contributed by atoms with Crippen molar-refractivity contribution in [1.29, 1.82) is 0 Å². The van der Waals surface area contributed by atoms with Crippen molar-refractivity contribution < 1.29 is 14.3 Å². The van der Waals surface area contributed by atoms with Crippen LogP contribution in [0.1, 0.15) is 21.5 Å². The first-order valence-electron chi connectivity index (χ1n) is 7.27. The maximum Gasteiger partial charge on any atom is 0.337 e. The topological polar surface area (TPSA) is 75.4 Å². The summed E-state index contributed by atoms with van der Waals surface area (Å²) in [6.07, 6.45) is 1.57. The largest absolute Gasteiger partial charge is 0.478 e. The van der Waals surface area contributed by atoms with Crippen molar-refractivity contribution in [2.24, 2.45) is 0 Å². The zero-order valence-corrected chi connectivity index (χ0v) is 13.9. The van der Waals surface area contributed by atoms with Crippen LogP contribution in [0.4, 0.5) is 11.7 Å². The third kappa shape index (κ3) is 3.41. The lowest BCUT2D eigenvalue weighted by Gasteiger charge is -2.05. The Morgan fingerprint density at radius 2 is 1.88 bits per heavy atom. The number of rotatable bonds is 4. The first-order valence-corrected chi connectivity index (χ1v) is 7.64. The molecule has 0 unspecified atom stereocenters. The van der Waals surface area contributed by atoms with Crippen LogP contribution >= 0.6 is 11.6 Å². The highest BCUT2D eigenvalue weighted by Gasteiger charge is 2.12. The molecule has 0 fully saturated rings. The molecule has 0 amide bonds. The van der Waals surface area contributed by atoms with E-state index in [2.05, 4.69) is 16.4 Å². The van der Waals surface area contributed by atoms with E-state index < -0.39 is 5.97 Å². The highest BCUT2D eigenvalue weighted by molar-refractivity contribution is 6.33. The van der Waals surface area contributed by atoms with Gasteiger partial charge in [-0.25, -0.2) is 9.78 Å². The summed E-state index contributed by atoms with van der Waals surface area (Å²) in [6, 6.07) is 11.1.